The Hall–Kier alpha value is -1.56. The Morgan fingerprint density at radius 2 is 2.10 bits per heavy atom. The number of urea groups is 1. The molecule has 0 heterocycles. The second-order valence-corrected chi connectivity index (χ2v) is 4.96. The Bertz CT molecular complexity index is 333. The summed E-state index contributed by atoms with van der Waals surface area (Å²) in [5, 5.41) is 14.4. The Balaban J connectivity index is 2.07. The first-order valence-electron chi connectivity index (χ1n) is 7.08. The van der Waals surface area contributed by atoms with Crippen LogP contribution in [0.25, 0.3) is 0 Å². The summed E-state index contributed by atoms with van der Waals surface area (Å²) in [4.78, 5) is 22.5. The van der Waals surface area contributed by atoms with Gasteiger partial charge in [0.05, 0.1) is 19.1 Å². The number of rotatable bonds is 9. The summed E-state index contributed by atoms with van der Waals surface area (Å²) in [6.07, 6.45) is 5.06. The Labute approximate surface area is 119 Å². The molecule has 1 aliphatic rings. The number of aliphatic carboxylic acids is 1. The number of carbonyl (C=O) groups is 2. The topological polar surface area (TPSA) is 87.7 Å². The molecule has 1 aliphatic carbocycles. The number of carboxylic acids is 1. The lowest BCUT2D eigenvalue weighted by atomic mass is 9.96. The molecule has 0 saturated heterocycles. The van der Waals surface area contributed by atoms with Gasteiger partial charge in [-0.25, -0.2) is 4.79 Å². The standard InChI is InChI=1S/C14H24N2O4/c1-2-3-8-20-9-7-15-14(19)16-10-11-5-4-6-12(11)13(17)18/h2,11-12H,1,3-10H2,(H,17,18)(H2,15,16,19). The molecule has 0 aliphatic heterocycles. The third kappa shape index (κ3) is 6.06. The van der Waals surface area contributed by atoms with Crippen LogP contribution >= 0.6 is 0 Å². The largest absolute Gasteiger partial charge is 0.481 e. The number of nitrogens with one attached hydrogen (secondary N) is 2. The van der Waals surface area contributed by atoms with Gasteiger partial charge in [-0.2, -0.15) is 0 Å². The van der Waals surface area contributed by atoms with Crippen LogP contribution in [0.2, 0.25) is 0 Å². The monoisotopic (exact) mass is 284 g/mol. The lowest BCUT2D eigenvalue weighted by Gasteiger charge is -2.16. The fraction of sp³-hybridized carbons (Fsp3) is 0.714. The first kappa shape index (κ1) is 16.5. The van der Waals surface area contributed by atoms with Crippen molar-refractivity contribution in [3.8, 4) is 0 Å². The van der Waals surface area contributed by atoms with Crippen molar-refractivity contribution < 1.29 is 19.4 Å². The van der Waals surface area contributed by atoms with E-state index < -0.39 is 5.97 Å². The Morgan fingerprint density at radius 3 is 2.80 bits per heavy atom. The molecule has 2 unspecified atom stereocenters. The van der Waals surface area contributed by atoms with E-state index in [0.717, 1.165) is 19.3 Å². The van der Waals surface area contributed by atoms with Gasteiger partial charge >= 0.3 is 12.0 Å². The van der Waals surface area contributed by atoms with E-state index >= 15 is 0 Å². The SMILES string of the molecule is C=CCCOCCNC(=O)NCC1CCCC1C(=O)O. The number of hydrogen-bond acceptors (Lipinski definition) is 3. The molecule has 0 radical (unpaired) electrons. The van der Waals surface area contributed by atoms with Crippen LogP contribution in [0, 0.1) is 11.8 Å². The molecule has 0 aromatic carbocycles. The molecular weight excluding hydrogens is 260 g/mol. The maximum Gasteiger partial charge on any atom is 0.314 e. The first-order chi connectivity index (χ1) is 9.65. The predicted octanol–water partition coefficient (Wildman–Crippen LogP) is 1.38. The Kier molecular flexibility index (Phi) is 7.72. The average molecular weight is 284 g/mol. The third-order valence-electron chi connectivity index (χ3n) is 3.50. The zero-order chi connectivity index (χ0) is 14.8. The van der Waals surface area contributed by atoms with E-state index in [2.05, 4.69) is 17.2 Å². The van der Waals surface area contributed by atoms with Gasteiger partial charge in [0, 0.05) is 13.1 Å². The highest BCUT2D eigenvalue weighted by atomic mass is 16.5. The van der Waals surface area contributed by atoms with Crippen molar-refractivity contribution in [1.82, 2.24) is 10.6 Å². The molecule has 114 valence electrons. The van der Waals surface area contributed by atoms with E-state index in [0.29, 0.717) is 32.7 Å². The molecular formula is C14H24N2O4. The normalized spacial score (nSPS) is 21.4. The molecule has 0 aromatic rings. The minimum atomic E-state index is -0.759. The van der Waals surface area contributed by atoms with E-state index in [1.165, 1.54) is 0 Å². The van der Waals surface area contributed by atoms with E-state index in [1.807, 2.05) is 0 Å². The number of carbonyl (C=O) groups excluding carboxylic acids is 1. The van der Waals surface area contributed by atoms with Crippen molar-refractivity contribution in [3.63, 3.8) is 0 Å². The highest BCUT2D eigenvalue weighted by molar-refractivity contribution is 5.74. The smallest absolute Gasteiger partial charge is 0.314 e. The molecule has 2 atom stereocenters. The van der Waals surface area contributed by atoms with Gasteiger partial charge < -0.3 is 20.5 Å². The molecule has 1 rings (SSSR count). The minimum Gasteiger partial charge on any atom is -0.481 e. The lowest BCUT2D eigenvalue weighted by molar-refractivity contribution is -0.142. The summed E-state index contributed by atoms with van der Waals surface area (Å²) in [6.45, 7) is 5.51. The molecule has 20 heavy (non-hydrogen) atoms. The molecule has 6 nitrogen and oxygen atoms in total. The summed E-state index contributed by atoms with van der Waals surface area (Å²) >= 11 is 0. The van der Waals surface area contributed by atoms with Crippen molar-refractivity contribution >= 4 is 12.0 Å². The van der Waals surface area contributed by atoms with E-state index in [-0.39, 0.29) is 17.9 Å². The minimum absolute atomic E-state index is 0.0436. The summed E-state index contributed by atoms with van der Waals surface area (Å²) in [7, 11) is 0. The maximum absolute atomic E-state index is 11.5. The van der Waals surface area contributed by atoms with Crippen LogP contribution in [0.4, 0.5) is 4.79 Å². The van der Waals surface area contributed by atoms with Crippen molar-refractivity contribution in [1.29, 1.82) is 0 Å². The van der Waals surface area contributed by atoms with Gasteiger partial charge in [0.1, 0.15) is 0 Å². The molecule has 1 saturated carbocycles. The number of hydrogen-bond donors (Lipinski definition) is 3. The molecule has 1 fully saturated rings. The summed E-state index contributed by atoms with van der Waals surface area (Å²) in [6, 6.07) is -0.270. The lowest BCUT2D eigenvalue weighted by Crippen LogP contribution is -2.40. The zero-order valence-electron chi connectivity index (χ0n) is 11.8. The predicted molar refractivity (Wildman–Crippen MR) is 75.5 cm³/mol. The van der Waals surface area contributed by atoms with Crippen molar-refractivity contribution in [2.45, 2.75) is 25.7 Å². The molecule has 3 N–H and O–H groups in total. The second-order valence-electron chi connectivity index (χ2n) is 4.96. The molecule has 0 aromatic heterocycles. The van der Waals surface area contributed by atoms with Crippen LogP contribution in [-0.4, -0.2) is 43.4 Å². The van der Waals surface area contributed by atoms with Gasteiger partial charge in [-0.15, -0.1) is 6.58 Å². The third-order valence-corrected chi connectivity index (χ3v) is 3.50. The molecule has 6 heteroatoms. The van der Waals surface area contributed by atoms with Gasteiger partial charge in [-0.3, -0.25) is 4.79 Å². The van der Waals surface area contributed by atoms with Crippen LogP contribution in [0.1, 0.15) is 25.7 Å². The number of carboxylic acid groups (broad SMARTS) is 1. The summed E-state index contributed by atoms with van der Waals surface area (Å²) in [5.41, 5.74) is 0. The Morgan fingerprint density at radius 1 is 1.30 bits per heavy atom. The van der Waals surface area contributed by atoms with Crippen molar-refractivity contribution in [2.75, 3.05) is 26.3 Å². The van der Waals surface area contributed by atoms with Crippen molar-refractivity contribution in [2.24, 2.45) is 11.8 Å². The van der Waals surface area contributed by atoms with Crippen molar-refractivity contribution in [3.05, 3.63) is 12.7 Å². The highest BCUT2D eigenvalue weighted by Gasteiger charge is 2.32. The number of ether oxygens (including phenoxy) is 1. The van der Waals surface area contributed by atoms with Gasteiger partial charge in [-0.1, -0.05) is 12.5 Å². The fourth-order valence-corrected chi connectivity index (χ4v) is 2.40. The molecule has 0 spiro atoms. The number of amides is 2. The average Bonchev–Trinajstić information content (AvgIpc) is 2.89. The van der Waals surface area contributed by atoms with Gasteiger partial charge in [0.15, 0.2) is 0 Å². The maximum atomic E-state index is 11.5. The summed E-state index contributed by atoms with van der Waals surface area (Å²) < 4.78 is 5.26. The van der Waals surface area contributed by atoms with Crippen LogP contribution in [0.5, 0.6) is 0 Å². The first-order valence-corrected chi connectivity index (χ1v) is 7.08. The van der Waals surface area contributed by atoms with Gasteiger partial charge in [0.2, 0.25) is 0 Å². The highest BCUT2D eigenvalue weighted by Crippen LogP contribution is 2.31. The van der Waals surface area contributed by atoms with Gasteiger partial charge in [0.25, 0.3) is 0 Å². The van der Waals surface area contributed by atoms with Gasteiger partial charge in [-0.05, 0) is 25.2 Å². The van der Waals surface area contributed by atoms with Crippen LogP contribution < -0.4 is 10.6 Å². The second kappa shape index (κ2) is 9.36. The fourth-order valence-electron chi connectivity index (χ4n) is 2.40. The van der Waals surface area contributed by atoms with Crippen LogP contribution in [0.3, 0.4) is 0 Å². The van der Waals surface area contributed by atoms with E-state index in [4.69, 9.17) is 9.84 Å². The quantitative estimate of drug-likeness (QED) is 0.441. The zero-order valence-corrected chi connectivity index (χ0v) is 11.8. The van der Waals surface area contributed by atoms with Crippen LogP contribution in [-0.2, 0) is 9.53 Å². The molecule has 0 bridgehead atoms. The van der Waals surface area contributed by atoms with Crippen LogP contribution in [0.15, 0.2) is 12.7 Å². The molecule has 2 amide bonds. The van der Waals surface area contributed by atoms with E-state index in [1.54, 1.807) is 6.08 Å². The van der Waals surface area contributed by atoms with E-state index in [9.17, 15) is 9.59 Å². The summed E-state index contributed by atoms with van der Waals surface area (Å²) in [5.74, 6) is -1.04.